The van der Waals surface area contributed by atoms with Crippen molar-refractivity contribution in [2.24, 2.45) is 0 Å². The summed E-state index contributed by atoms with van der Waals surface area (Å²) in [6.07, 6.45) is 0.484. The topological polar surface area (TPSA) is 86.7 Å². The van der Waals surface area contributed by atoms with Crippen molar-refractivity contribution in [3.63, 3.8) is 0 Å². The van der Waals surface area contributed by atoms with Gasteiger partial charge in [-0.1, -0.05) is 13.8 Å². The molecule has 19 heavy (non-hydrogen) atoms. The Morgan fingerprint density at radius 3 is 2.58 bits per heavy atom. The predicted molar refractivity (Wildman–Crippen MR) is 74.0 cm³/mol. The molecule has 0 aromatic rings. The van der Waals surface area contributed by atoms with Crippen molar-refractivity contribution in [1.29, 1.82) is 0 Å². The molecule has 112 valence electrons. The van der Waals surface area contributed by atoms with Crippen molar-refractivity contribution in [3.8, 4) is 0 Å². The SMILES string of the molecule is CC(C)NC(CCN1CCS(=O)(=O)CC1C)C(=O)O. The van der Waals surface area contributed by atoms with Gasteiger partial charge >= 0.3 is 5.97 Å². The maximum Gasteiger partial charge on any atom is 0.320 e. The average Bonchev–Trinajstić information content (AvgIpc) is 2.24. The lowest BCUT2D eigenvalue weighted by molar-refractivity contribution is -0.140. The third kappa shape index (κ3) is 5.46. The van der Waals surface area contributed by atoms with Crippen LogP contribution in [0, 0.1) is 0 Å². The molecule has 1 aliphatic rings. The van der Waals surface area contributed by atoms with E-state index in [0.717, 1.165) is 0 Å². The highest BCUT2D eigenvalue weighted by molar-refractivity contribution is 7.91. The third-order valence-electron chi connectivity index (χ3n) is 3.35. The van der Waals surface area contributed by atoms with Crippen LogP contribution in [0.2, 0.25) is 0 Å². The van der Waals surface area contributed by atoms with Crippen LogP contribution in [0.4, 0.5) is 0 Å². The Morgan fingerprint density at radius 1 is 1.47 bits per heavy atom. The number of aliphatic carboxylic acids is 1. The second-order valence-corrected chi connectivity index (χ2v) is 7.73. The summed E-state index contributed by atoms with van der Waals surface area (Å²) in [7, 11) is -2.91. The lowest BCUT2D eigenvalue weighted by Gasteiger charge is -2.33. The minimum Gasteiger partial charge on any atom is -0.480 e. The molecule has 2 N–H and O–H groups in total. The Bertz CT molecular complexity index is 408. The molecule has 1 heterocycles. The lowest BCUT2D eigenvalue weighted by Crippen LogP contribution is -2.49. The monoisotopic (exact) mass is 292 g/mol. The van der Waals surface area contributed by atoms with Crippen LogP contribution in [0.5, 0.6) is 0 Å². The number of hydrogen-bond donors (Lipinski definition) is 2. The number of hydrogen-bond acceptors (Lipinski definition) is 5. The molecule has 1 rings (SSSR count). The van der Waals surface area contributed by atoms with Crippen LogP contribution in [0.1, 0.15) is 27.2 Å². The second-order valence-electron chi connectivity index (χ2n) is 5.50. The molecule has 2 atom stereocenters. The van der Waals surface area contributed by atoms with E-state index >= 15 is 0 Å². The van der Waals surface area contributed by atoms with E-state index in [1.165, 1.54) is 0 Å². The van der Waals surface area contributed by atoms with Crippen LogP contribution in [0.3, 0.4) is 0 Å². The summed E-state index contributed by atoms with van der Waals surface area (Å²) < 4.78 is 22.9. The number of sulfone groups is 1. The van der Waals surface area contributed by atoms with E-state index in [-0.39, 0.29) is 23.6 Å². The van der Waals surface area contributed by atoms with E-state index in [1.807, 2.05) is 20.8 Å². The fourth-order valence-electron chi connectivity index (χ4n) is 2.34. The molecule has 1 fully saturated rings. The molecule has 0 radical (unpaired) electrons. The van der Waals surface area contributed by atoms with Gasteiger partial charge in [-0.3, -0.25) is 9.69 Å². The highest BCUT2D eigenvalue weighted by Gasteiger charge is 2.29. The van der Waals surface area contributed by atoms with Crippen LogP contribution >= 0.6 is 0 Å². The minimum absolute atomic E-state index is 0.0350. The average molecular weight is 292 g/mol. The van der Waals surface area contributed by atoms with Gasteiger partial charge < -0.3 is 10.4 Å². The summed E-state index contributed by atoms with van der Waals surface area (Å²) in [4.78, 5) is 13.2. The van der Waals surface area contributed by atoms with E-state index in [4.69, 9.17) is 5.11 Å². The van der Waals surface area contributed by atoms with E-state index in [9.17, 15) is 13.2 Å². The molecule has 0 aromatic heterocycles. The summed E-state index contributed by atoms with van der Waals surface area (Å²) in [6.45, 7) is 6.80. The maximum absolute atomic E-state index is 11.5. The molecule has 0 saturated carbocycles. The van der Waals surface area contributed by atoms with Gasteiger partial charge in [0.1, 0.15) is 6.04 Å². The van der Waals surface area contributed by atoms with Crippen molar-refractivity contribution in [2.75, 3.05) is 24.6 Å². The molecule has 0 amide bonds. The highest BCUT2D eigenvalue weighted by atomic mass is 32.2. The normalized spacial score (nSPS) is 25.4. The first-order valence-electron chi connectivity index (χ1n) is 6.64. The van der Waals surface area contributed by atoms with Gasteiger partial charge in [0.2, 0.25) is 0 Å². The van der Waals surface area contributed by atoms with E-state index in [2.05, 4.69) is 10.2 Å². The van der Waals surface area contributed by atoms with Gasteiger partial charge in [0, 0.05) is 25.2 Å². The van der Waals surface area contributed by atoms with E-state index in [0.29, 0.717) is 19.5 Å². The van der Waals surface area contributed by atoms with E-state index in [1.54, 1.807) is 0 Å². The summed E-state index contributed by atoms with van der Waals surface area (Å²) in [5, 5.41) is 12.1. The van der Waals surface area contributed by atoms with Crippen LogP contribution in [0.25, 0.3) is 0 Å². The zero-order chi connectivity index (χ0) is 14.6. The molecular weight excluding hydrogens is 268 g/mol. The molecular formula is C12H24N2O4S. The predicted octanol–water partition coefficient (Wildman–Crippen LogP) is -0.0534. The van der Waals surface area contributed by atoms with Gasteiger partial charge in [0.25, 0.3) is 0 Å². The Morgan fingerprint density at radius 2 is 2.11 bits per heavy atom. The number of nitrogens with one attached hydrogen (secondary N) is 1. The van der Waals surface area contributed by atoms with Gasteiger partial charge in [-0.15, -0.1) is 0 Å². The molecule has 6 nitrogen and oxygen atoms in total. The first-order chi connectivity index (χ1) is 8.71. The largest absolute Gasteiger partial charge is 0.480 e. The zero-order valence-electron chi connectivity index (χ0n) is 11.8. The summed E-state index contributed by atoms with van der Waals surface area (Å²) in [6, 6.07) is -0.502. The molecule has 1 saturated heterocycles. The van der Waals surface area contributed by atoms with Crippen molar-refractivity contribution >= 4 is 15.8 Å². The quantitative estimate of drug-likeness (QED) is 0.713. The summed E-state index contributed by atoms with van der Waals surface area (Å²) >= 11 is 0. The van der Waals surface area contributed by atoms with Gasteiger partial charge in [-0.05, 0) is 13.3 Å². The molecule has 0 bridgehead atoms. The molecule has 1 aliphatic heterocycles. The van der Waals surface area contributed by atoms with Gasteiger partial charge in [-0.25, -0.2) is 8.42 Å². The number of nitrogens with zero attached hydrogens (tertiary/aromatic N) is 1. The van der Waals surface area contributed by atoms with Crippen LogP contribution in [-0.2, 0) is 14.6 Å². The number of carboxylic acid groups (broad SMARTS) is 1. The Labute approximate surface area is 115 Å². The first kappa shape index (κ1) is 16.4. The number of rotatable bonds is 6. The molecule has 0 spiro atoms. The fraction of sp³-hybridized carbons (Fsp3) is 0.917. The Balaban J connectivity index is 2.49. The molecule has 0 aromatic carbocycles. The van der Waals surface area contributed by atoms with E-state index < -0.39 is 21.8 Å². The summed E-state index contributed by atoms with van der Waals surface area (Å²) in [5.41, 5.74) is 0. The number of carbonyl (C=O) groups is 1. The van der Waals surface area contributed by atoms with Crippen molar-refractivity contribution in [1.82, 2.24) is 10.2 Å². The smallest absolute Gasteiger partial charge is 0.320 e. The zero-order valence-corrected chi connectivity index (χ0v) is 12.6. The molecule has 7 heteroatoms. The van der Waals surface area contributed by atoms with Crippen molar-refractivity contribution in [2.45, 2.75) is 45.3 Å². The molecule has 2 unspecified atom stereocenters. The van der Waals surface area contributed by atoms with Gasteiger partial charge in [-0.2, -0.15) is 0 Å². The van der Waals surface area contributed by atoms with Gasteiger partial charge in [0.15, 0.2) is 9.84 Å². The number of carboxylic acids is 1. The highest BCUT2D eigenvalue weighted by Crippen LogP contribution is 2.12. The third-order valence-corrected chi connectivity index (χ3v) is 5.14. The van der Waals surface area contributed by atoms with Crippen molar-refractivity contribution < 1.29 is 18.3 Å². The van der Waals surface area contributed by atoms with Crippen LogP contribution in [-0.4, -0.2) is 67.1 Å². The van der Waals surface area contributed by atoms with Crippen LogP contribution < -0.4 is 5.32 Å². The van der Waals surface area contributed by atoms with Gasteiger partial charge in [0.05, 0.1) is 11.5 Å². The Hall–Kier alpha value is -0.660. The second kappa shape index (κ2) is 6.67. The lowest BCUT2D eigenvalue weighted by atomic mass is 10.1. The molecule has 0 aliphatic carbocycles. The van der Waals surface area contributed by atoms with Crippen LogP contribution in [0.15, 0.2) is 0 Å². The Kier molecular flexibility index (Phi) is 5.76. The first-order valence-corrected chi connectivity index (χ1v) is 8.47. The maximum atomic E-state index is 11.5. The summed E-state index contributed by atoms with van der Waals surface area (Å²) in [5.74, 6) is -0.513. The van der Waals surface area contributed by atoms with Crippen molar-refractivity contribution in [3.05, 3.63) is 0 Å². The standard InChI is InChI=1S/C12H24N2O4S/c1-9(2)13-11(12(15)16)4-5-14-6-7-19(17,18)8-10(14)3/h9-11,13H,4-8H2,1-3H3,(H,15,16). The fourth-order valence-corrected chi connectivity index (χ4v) is 3.97. The minimum atomic E-state index is -2.91.